The second-order valence-corrected chi connectivity index (χ2v) is 8.29. The number of aromatic amines is 1. The maximum Gasteiger partial charge on any atom is 0.255 e. The van der Waals surface area contributed by atoms with Crippen molar-refractivity contribution in [3.05, 3.63) is 94.0 Å². The first kappa shape index (κ1) is 21.9. The molecule has 0 atom stereocenters. The molecule has 1 N–H and O–H groups in total. The number of ether oxygens (including phenoxy) is 2. The smallest absolute Gasteiger partial charge is 0.255 e. The molecule has 0 spiro atoms. The van der Waals surface area contributed by atoms with Crippen LogP contribution in [0.5, 0.6) is 11.5 Å². The molecule has 0 unspecified atom stereocenters. The average Bonchev–Trinajstić information content (AvgIpc) is 2.89. The summed E-state index contributed by atoms with van der Waals surface area (Å²) >= 11 is 0. The molecule has 1 aliphatic heterocycles. The number of pyridine rings is 1. The highest BCUT2D eigenvalue weighted by Crippen LogP contribution is 2.31. The molecule has 5 rings (SSSR count). The molecular weight excluding hydrogens is 428 g/mol. The van der Waals surface area contributed by atoms with Gasteiger partial charge in [0, 0.05) is 43.4 Å². The van der Waals surface area contributed by atoms with Crippen LogP contribution in [0.4, 0.5) is 0 Å². The highest BCUT2D eigenvalue weighted by atomic mass is 16.5. The van der Waals surface area contributed by atoms with Gasteiger partial charge in [-0.2, -0.15) is 0 Å². The highest BCUT2D eigenvalue weighted by Gasteiger charge is 2.21. The Morgan fingerprint density at radius 2 is 1.79 bits per heavy atom. The SMILES string of the molecule is COc1ccc(-c2ccc(CN3CCc4nc(-c5ccccc5)[nH]c(=O)c4C3)cn2)cc1OC. The Morgan fingerprint density at radius 1 is 0.971 bits per heavy atom. The van der Waals surface area contributed by atoms with E-state index >= 15 is 0 Å². The van der Waals surface area contributed by atoms with Crippen molar-refractivity contribution in [3.8, 4) is 34.1 Å². The molecule has 0 amide bonds. The van der Waals surface area contributed by atoms with Crippen molar-refractivity contribution < 1.29 is 9.47 Å². The third-order valence-electron chi connectivity index (χ3n) is 6.11. The zero-order valence-electron chi connectivity index (χ0n) is 19.2. The van der Waals surface area contributed by atoms with Gasteiger partial charge < -0.3 is 14.5 Å². The first-order valence-corrected chi connectivity index (χ1v) is 11.2. The van der Waals surface area contributed by atoms with Gasteiger partial charge in [-0.25, -0.2) is 4.98 Å². The van der Waals surface area contributed by atoms with Crippen LogP contribution in [0.3, 0.4) is 0 Å². The van der Waals surface area contributed by atoms with Crippen molar-refractivity contribution in [3.63, 3.8) is 0 Å². The molecule has 1 aliphatic rings. The van der Waals surface area contributed by atoms with Crippen molar-refractivity contribution >= 4 is 0 Å². The van der Waals surface area contributed by atoms with Gasteiger partial charge in [0.2, 0.25) is 0 Å². The summed E-state index contributed by atoms with van der Waals surface area (Å²) in [5.74, 6) is 1.99. The van der Waals surface area contributed by atoms with Crippen LogP contribution >= 0.6 is 0 Å². The molecule has 7 nitrogen and oxygen atoms in total. The summed E-state index contributed by atoms with van der Waals surface area (Å²) in [5, 5.41) is 0. The molecule has 0 bridgehead atoms. The fraction of sp³-hybridized carbons (Fsp3) is 0.222. The van der Waals surface area contributed by atoms with Crippen LogP contribution in [-0.2, 0) is 19.5 Å². The lowest BCUT2D eigenvalue weighted by Gasteiger charge is -2.27. The summed E-state index contributed by atoms with van der Waals surface area (Å²) in [6, 6.07) is 19.6. The number of methoxy groups -OCH3 is 2. The van der Waals surface area contributed by atoms with Gasteiger partial charge in [0.1, 0.15) is 5.82 Å². The van der Waals surface area contributed by atoms with Gasteiger partial charge in [-0.05, 0) is 29.8 Å². The first-order chi connectivity index (χ1) is 16.6. The van der Waals surface area contributed by atoms with Gasteiger partial charge >= 0.3 is 0 Å². The minimum Gasteiger partial charge on any atom is -0.493 e. The van der Waals surface area contributed by atoms with E-state index in [2.05, 4.69) is 20.9 Å². The normalized spacial score (nSPS) is 13.4. The Kier molecular flexibility index (Phi) is 6.10. The maximum absolute atomic E-state index is 12.8. The largest absolute Gasteiger partial charge is 0.493 e. The highest BCUT2D eigenvalue weighted by molar-refractivity contribution is 5.64. The summed E-state index contributed by atoms with van der Waals surface area (Å²) in [6.45, 7) is 2.14. The molecule has 0 radical (unpaired) electrons. The molecule has 0 saturated heterocycles. The lowest BCUT2D eigenvalue weighted by Crippen LogP contribution is -2.35. The molecule has 0 fully saturated rings. The van der Waals surface area contributed by atoms with E-state index in [-0.39, 0.29) is 5.56 Å². The summed E-state index contributed by atoms with van der Waals surface area (Å²) < 4.78 is 10.7. The van der Waals surface area contributed by atoms with Gasteiger partial charge in [0.05, 0.1) is 31.2 Å². The van der Waals surface area contributed by atoms with Crippen LogP contribution in [-0.4, -0.2) is 40.6 Å². The third kappa shape index (κ3) is 4.43. The Hall–Kier alpha value is -3.97. The second-order valence-electron chi connectivity index (χ2n) is 8.29. The van der Waals surface area contributed by atoms with Crippen LogP contribution in [0.2, 0.25) is 0 Å². The summed E-state index contributed by atoms with van der Waals surface area (Å²) in [4.78, 5) is 27.4. The van der Waals surface area contributed by atoms with Gasteiger partial charge in [-0.3, -0.25) is 14.7 Å². The quantitative estimate of drug-likeness (QED) is 0.473. The van der Waals surface area contributed by atoms with Crippen LogP contribution in [0.1, 0.15) is 16.8 Å². The van der Waals surface area contributed by atoms with Crippen LogP contribution in [0, 0.1) is 0 Å². The topological polar surface area (TPSA) is 80.3 Å². The summed E-state index contributed by atoms with van der Waals surface area (Å²) in [7, 11) is 3.24. The zero-order chi connectivity index (χ0) is 23.5. The minimum atomic E-state index is -0.0597. The zero-order valence-corrected chi connectivity index (χ0v) is 19.2. The first-order valence-electron chi connectivity index (χ1n) is 11.2. The van der Waals surface area contributed by atoms with Gasteiger partial charge in [-0.15, -0.1) is 0 Å². The number of hydrogen-bond donors (Lipinski definition) is 1. The maximum atomic E-state index is 12.8. The van der Waals surface area contributed by atoms with Crippen LogP contribution < -0.4 is 15.0 Å². The van der Waals surface area contributed by atoms with E-state index in [0.717, 1.165) is 53.2 Å². The van der Waals surface area contributed by atoms with Crippen LogP contribution in [0.25, 0.3) is 22.6 Å². The molecule has 0 aliphatic carbocycles. The number of hydrogen-bond acceptors (Lipinski definition) is 6. The van der Waals surface area contributed by atoms with Crippen molar-refractivity contribution in [1.82, 2.24) is 19.9 Å². The Bertz CT molecular complexity index is 1350. The number of benzene rings is 2. The predicted molar refractivity (Wildman–Crippen MR) is 131 cm³/mol. The number of fused-ring (bicyclic) bond motifs is 1. The van der Waals surface area contributed by atoms with E-state index in [1.165, 1.54) is 0 Å². The van der Waals surface area contributed by atoms with E-state index < -0.39 is 0 Å². The molecule has 0 saturated carbocycles. The van der Waals surface area contributed by atoms with E-state index in [4.69, 9.17) is 14.5 Å². The second kappa shape index (κ2) is 9.49. The lowest BCUT2D eigenvalue weighted by atomic mass is 10.1. The van der Waals surface area contributed by atoms with Crippen molar-refractivity contribution in [2.24, 2.45) is 0 Å². The molecule has 172 valence electrons. The predicted octanol–water partition coefficient (Wildman–Crippen LogP) is 4.07. The van der Waals surface area contributed by atoms with Gasteiger partial charge in [-0.1, -0.05) is 36.4 Å². The lowest BCUT2D eigenvalue weighted by molar-refractivity contribution is 0.241. The number of nitrogens with one attached hydrogen (secondary N) is 1. The monoisotopic (exact) mass is 454 g/mol. The van der Waals surface area contributed by atoms with E-state index in [0.29, 0.717) is 23.9 Å². The van der Waals surface area contributed by atoms with Crippen molar-refractivity contribution in [2.75, 3.05) is 20.8 Å². The molecule has 7 heteroatoms. The number of rotatable bonds is 6. The third-order valence-corrected chi connectivity index (χ3v) is 6.11. The Morgan fingerprint density at radius 3 is 2.53 bits per heavy atom. The van der Waals surface area contributed by atoms with Crippen molar-refractivity contribution in [1.29, 1.82) is 0 Å². The van der Waals surface area contributed by atoms with E-state index in [9.17, 15) is 4.79 Å². The molecule has 4 aromatic rings. The fourth-order valence-corrected chi connectivity index (χ4v) is 4.29. The fourth-order valence-electron chi connectivity index (χ4n) is 4.29. The molecular formula is C27H26N4O3. The average molecular weight is 455 g/mol. The molecule has 34 heavy (non-hydrogen) atoms. The van der Waals surface area contributed by atoms with Crippen LogP contribution in [0.15, 0.2) is 71.7 Å². The molecule has 2 aromatic carbocycles. The Labute approximate surface area is 198 Å². The molecule has 3 heterocycles. The standard InChI is InChI=1S/C27H26N4O3/c1-33-24-11-9-20(14-25(24)34-2)22-10-8-18(15-28-22)16-31-13-12-23-21(17-31)27(32)30-26(29-23)19-6-4-3-5-7-19/h3-11,14-15H,12-13,16-17H2,1-2H3,(H,29,30,32). The van der Waals surface area contributed by atoms with E-state index in [1.54, 1.807) is 14.2 Å². The Balaban J connectivity index is 1.30. The number of H-pyrrole nitrogens is 1. The number of nitrogens with zero attached hydrogens (tertiary/aromatic N) is 3. The van der Waals surface area contributed by atoms with Crippen molar-refractivity contribution in [2.45, 2.75) is 19.5 Å². The molecule has 2 aromatic heterocycles. The minimum absolute atomic E-state index is 0.0597. The van der Waals surface area contributed by atoms with Gasteiger partial charge in [0.25, 0.3) is 5.56 Å². The number of aromatic nitrogens is 3. The van der Waals surface area contributed by atoms with E-state index in [1.807, 2.05) is 60.8 Å². The summed E-state index contributed by atoms with van der Waals surface area (Å²) in [5.41, 5.74) is 5.42. The summed E-state index contributed by atoms with van der Waals surface area (Å²) in [6.07, 6.45) is 2.64. The van der Waals surface area contributed by atoms with Gasteiger partial charge in [0.15, 0.2) is 11.5 Å².